The maximum Gasteiger partial charge on any atom is 0.256 e. The zero-order valence-electron chi connectivity index (χ0n) is 17.6. The lowest BCUT2D eigenvalue weighted by atomic mass is 9.87. The van der Waals surface area contributed by atoms with Crippen molar-refractivity contribution in [2.45, 2.75) is 50.1 Å². The lowest BCUT2D eigenvalue weighted by molar-refractivity contribution is -0.0568. The third kappa shape index (κ3) is 3.72. The molecule has 164 valence electrons. The number of ether oxygens (including phenoxy) is 1. The molecule has 2 aromatic rings. The third-order valence-electron chi connectivity index (χ3n) is 6.08. The Morgan fingerprint density at radius 2 is 2.13 bits per heavy atom. The second-order valence-electron chi connectivity index (χ2n) is 8.21. The van der Waals surface area contributed by atoms with Crippen molar-refractivity contribution in [1.82, 2.24) is 24.8 Å². The Morgan fingerprint density at radius 3 is 2.84 bits per heavy atom. The average molecular weight is 425 g/mol. The summed E-state index contributed by atoms with van der Waals surface area (Å²) in [4.78, 5) is 19.2. The Bertz CT molecular complexity index is 1050. The number of nitrogens with one attached hydrogen (secondary N) is 3. The van der Waals surface area contributed by atoms with Crippen LogP contribution in [0, 0.1) is 0 Å². The third-order valence-corrected chi connectivity index (χ3v) is 6.08. The van der Waals surface area contributed by atoms with Gasteiger partial charge in [0.15, 0.2) is 11.9 Å². The lowest BCUT2D eigenvalue weighted by Crippen LogP contribution is -2.51. The van der Waals surface area contributed by atoms with Crippen molar-refractivity contribution in [1.29, 1.82) is 0 Å². The molecule has 10 nitrogen and oxygen atoms in total. The summed E-state index contributed by atoms with van der Waals surface area (Å²) in [7, 11) is 3.50. The highest BCUT2D eigenvalue weighted by Gasteiger charge is 2.37. The minimum atomic E-state index is -0.814. The van der Waals surface area contributed by atoms with Gasteiger partial charge in [-0.2, -0.15) is 9.61 Å². The smallest absolute Gasteiger partial charge is 0.256 e. The van der Waals surface area contributed by atoms with Crippen molar-refractivity contribution in [3.63, 3.8) is 0 Å². The number of fused-ring (bicyclic) bond motifs is 1. The summed E-state index contributed by atoms with van der Waals surface area (Å²) in [5.41, 5.74) is 1.49. The van der Waals surface area contributed by atoms with Crippen LogP contribution in [-0.4, -0.2) is 69.1 Å². The highest BCUT2D eigenvalue weighted by Crippen LogP contribution is 2.32. The molecule has 1 amide bonds. The zero-order chi connectivity index (χ0) is 21.5. The molecule has 1 atom stereocenters. The molecule has 2 aromatic heterocycles. The molecule has 10 heteroatoms. The summed E-state index contributed by atoms with van der Waals surface area (Å²) in [5.74, 6) is 1.02. The fourth-order valence-electron chi connectivity index (χ4n) is 3.98. The van der Waals surface area contributed by atoms with Crippen LogP contribution in [0.2, 0.25) is 0 Å². The number of nitrogens with zero attached hydrogens (tertiary/aromatic N) is 4. The molecule has 0 spiro atoms. The Morgan fingerprint density at radius 1 is 1.32 bits per heavy atom. The van der Waals surface area contributed by atoms with E-state index in [1.54, 1.807) is 24.7 Å². The average Bonchev–Trinajstić information content (AvgIpc) is 3.44. The number of carbonyl (C=O) groups excluding carboxylic acids is 1. The molecule has 31 heavy (non-hydrogen) atoms. The summed E-state index contributed by atoms with van der Waals surface area (Å²) in [6.07, 6.45) is 10.4. The summed E-state index contributed by atoms with van der Waals surface area (Å²) >= 11 is 0. The normalized spacial score (nSPS) is 25.2. The molecule has 2 fully saturated rings. The second kappa shape index (κ2) is 7.86. The van der Waals surface area contributed by atoms with E-state index in [-0.39, 0.29) is 24.1 Å². The maximum atomic E-state index is 12.6. The first-order valence-electron chi connectivity index (χ1n) is 10.6. The molecule has 2 aliphatic carbocycles. The molecule has 0 radical (unpaired) electrons. The number of aliphatic hydroxyl groups excluding tert-OH is 1. The Hall–Kier alpha value is -3.11. The van der Waals surface area contributed by atoms with Gasteiger partial charge in [0.2, 0.25) is 0 Å². The Labute approximate surface area is 180 Å². The fraction of sp³-hybridized carbons (Fsp3) is 0.476. The molecule has 1 unspecified atom stereocenters. The van der Waals surface area contributed by atoms with E-state index in [2.05, 4.69) is 26.0 Å². The van der Waals surface area contributed by atoms with Gasteiger partial charge in [0, 0.05) is 38.5 Å². The van der Waals surface area contributed by atoms with E-state index < -0.39 is 6.23 Å². The maximum absolute atomic E-state index is 12.6. The SMILES string of the molecule is CNc1cc(NC2=CC=CN([C@H]3C[C@@H](OC)C3)C2O)nc2c(C(=O)NC3CC3)cnn12. The summed E-state index contributed by atoms with van der Waals surface area (Å²) in [5, 5.41) is 24.5. The first-order valence-corrected chi connectivity index (χ1v) is 10.6. The molecular formula is C21H27N7O3. The Kier molecular flexibility index (Phi) is 5.03. The van der Waals surface area contributed by atoms with Crippen LogP contribution in [0.15, 0.2) is 36.3 Å². The quantitative estimate of drug-likeness (QED) is 0.524. The van der Waals surface area contributed by atoms with Crippen molar-refractivity contribution in [3.8, 4) is 0 Å². The van der Waals surface area contributed by atoms with E-state index in [1.807, 2.05) is 23.3 Å². The molecule has 0 saturated heterocycles. The largest absolute Gasteiger partial charge is 0.381 e. The van der Waals surface area contributed by atoms with Crippen LogP contribution in [0.1, 0.15) is 36.0 Å². The van der Waals surface area contributed by atoms with E-state index in [0.717, 1.165) is 25.7 Å². The minimum Gasteiger partial charge on any atom is -0.381 e. The number of amides is 1. The van der Waals surface area contributed by atoms with Gasteiger partial charge in [-0.05, 0) is 37.8 Å². The molecule has 5 rings (SSSR count). The van der Waals surface area contributed by atoms with E-state index in [9.17, 15) is 9.90 Å². The molecule has 3 heterocycles. The van der Waals surface area contributed by atoms with Crippen molar-refractivity contribution in [2.75, 3.05) is 24.8 Å². The topological polar surface area (TPSA) is 116 Å². The zero-order valence-corrected chi connectivity index (χ0v) is 17.6. The highest BCUT2D eigenvalue weighted by atomic mass is 16.5. The van der Waals surface area contributed by atoms with Crippen molar-refractivity contribution >= 4 is 23.2 Å². The monoisotopic (exact) mass is 425 g/mol. The van der Waals surface area contributed by atoms with E-state index in [4.69, 9.17) is 4.74 Å². The predicted molar refractivity (Wildman–Crippen MR) is 116 cm³/mol. The number of aromatic nitrogens is 3. The molecule has 0 bridgehead atoms. The van der Waals surface area contributed by atoms with E-state index >= 15 is 0 Å². The van der Waals surface area contributed by atoms with E-state index in [0.29, 0.717) is 28.5 Å². The van der Waals surface area contributed by atoms with Gasteiger partial charge < -0.3 is 30.7 Å². The number of methoxy groups -OCH3 is 1. The highest BCUT2D eigenvalue weighted by molar-refractivity contribution is 6.00. The van der Waals surface area contributed by atoms with Gasteiger partial charge in [-0.15, -0.1) is 0 Å². The summed E-state index contributed by atoms with van der Waals surface area (Å²) < 4.78 is 6.96. The van der Waals surface area contributed by atoms with Gasteiger partial charge in [-0.1, -0.05) is 0 Å². The van der Waals surface area contributed by atoms with Gasteiger partial charge >= 0.3 is 0 Å². The van der Waals surface area contributed by atoms with Crippen LogP contribution in [0.5, 0.6) is 0 Å². The van der Waals surface area contributed by atoms with Crippen LogP contribution in [-0.2, 0) is 4.74 Å². The van der Waals surface area contributed by atoms with Gasteiger partial charge in [-0.3, -0.25) is 4.79 Å². The van der Waals surface area contributed by atoms with Crippen LogP contribution in [0.3, 0.4) is 0 Å². The van der Waals surface area contributed by atoms with Crippen LogP contribution in [0.25, 0.3) is 5.65 Å². The van der Waals surface area contributed by atoms with Crippen LogP contribution < -0.4 is 16.0 Å². The lowest BCUT2D eigenvalue weighted by Gasteiger charge is -2.45. The summed E-state index contributed by atoms with van der Waals surface area (Å²) in [6.45, 7) is 0. The molecule has 2 saturated carbocycles. The number of hydrogen-bond acceptors (Lipinski definition) is 8. The number of anilines is 2. The van der Waals surface area contributed by atoms with Gasteiger partial charge in [0.1, 0.15) is 17.2 Å². The van der Waals surface area contributed by atoms with Gasteiger partial charge in [-0.25, -0.2) is 4.98 Å². The van der Waals surface area contributed by atoms with Crippen molar-refractivity contribution in [3.05, 3.63) is 41.9 Å². The number of allylic oxidation sites excluding steroid dienone is 2. The number of aliphatic hydroxyl groups is 1. The Balaban J connectivity index is 1.39. The standard InChI is InChI=1S/C21H27N7O3/c1-22-18-10-17(26-19-15(11-23-28(18)19)20(29)24-12-5-6-12)25-16-4-3-7-27(21(16)30)13-8-14(9-13)31-2/h3-4,7,10-14,21-22,30H,5-6,8-9H2,1-2H3,(H,24,29)(H,25,26)/t13-,14+,21?. The number of carbonyl (C=O) groups is 1. The summed E-state index contributed by atoms with van der Waals surface area (Å²) in [6, 6.07) is 2.28. The van der Waals surface area contributed by atoms with Gasteiger partial charge in [0.05, 0.1) is 18.0 Å². The fourth-order valence-corrected chi connectivity index (χ4v) is 3.98. The molecule has 0 aromatic carbocycles. The molecule has 1 aliphatic heterocycles. The number of hydrogen-bond donors (Lipinski definition) is 4. The number of rotatable bonds is 7. The first-order chi connectivity index (χ1) is 15.1. The predicted octanol–water partition coefficient (Wildman–Crippen LogP) is 1.28. The minimum absolute atomic E-state index is 0.173. The van der Waals surface area contributed by atoms with Crippen LogP contribution in [0.4, 0.5) is 11.6 Å². The molecular weight excluding hydrogens is 398 g/mol. The van der Waals surface area contributed by atoms with Crippen molar-refractivity contribution in [2.24, 2.45) is 0 Å². The van der Waals surface area contributed by atoms with Crippen LogP contribution >= 0.6 is 0 Å². The van der Waals surface area contributed by atoms with Crippen molar-refractivity contribution < 1.29 is 14.6 Å². The first kappa shape index (κ1) is 19.8. The van der Waals surface area contributed by atoms with E-state index in [1.165, 1.54) is 6.20 Å². The molecule has 4 N–H and O–H groups in total. The molecule has 3 aliphatic rings. The van der Waals surface area contributed by atoms with Gasteiger partial charge in [0.25, 0.3) is 5.91 Å². The second-order valence-corrected chi connectivity index (χ2v) is 8.21.